The molecule has 1 spiro atoms. The van der Waals surface area contributed by atoms with E-state index < -0.39 is 10.8 Å². The van der Waals surface area contributed by atoms with Gasteiger partial charge in [0.25, 0.3) is 0 Å². The average Bonchev–Trinajstić information content (AvgIpc) is 4.12. The molecule has 356 valence electrons. The van der Waals surface area contributed by atoms with Gasteiger partial charge in [0.2, 0.25) is 0 Å². The molecule has 75 heavy (non-hydrogen) atoms. The van der Waals surface area contributed by atoms with E-state index in [2.05, 4.69) is 293 Å². The summed E-state index contributed by atoms with van der Waals surface area (Å²) in [6.45, 7) is 9.50. The van der Waals surface area contributed by atoms with Crippen molar-refractivity contribution in [2.45, 2.75) is 49.4 Å². The van der Waals surface area contributed by atoms with Crippen LogP contribution in [0.2, 0.25) is 0 Å². The molecule has 0 atom stereocenters. The van der Waals surface area contributed by atoms with E-state index in [1.807, 2.05) is 0 Å². The molecule has 11 aromatic carbocycles. The predicted octanol–water partition coefficient (Wildman–Crippen LogP) is 18.5. The van der Waals surface area contributed by atoms with E-state index in [0.717, 1.165) is 17.1 Å². The SMILES string of the molecule is CC1(C)c2ccccc2-c2ccc(N(c3ccc(-c4ccc5c(c4)-c4ccccc4C54c5ccccc5C(c5ccccc5)(c5ccccc5)c5ccccc54)cc3)c3ccc4c(c3)C(C)(C)c3ccccc3-4)cc21. The summed E-state index contributed by atoms with van der Waals surface area (Å²) in [4.78, 5) is 2.48. The van der Waals surface area contributed by atoms with E-state index in [4.69, 9.17) is 0 Å². The Kier molecular flexibility index (Phi) is 9.26. The first-order valence-corrected chi connectivity index (χ1v) is 26.7. The maximum absolute atomic E-state index is 2.48. The first-order valence-electron chi connectivity index (χ1n) is 26.7. The van der Waals surface area contributed by atoms with Crippen molar-refractivity contribution in [3.8, 4) is 44.5 Å². The van der Waals surface area contributed by atoms with E-state index in [0.29, 0.717) is 0 Å². The molecule has 11 aromatic rings. The van der Waals surface area contributed by atoms with Gasteiger partial charge in [-0.3, -0.25) is 0 Å². The van der Waals surface area contributed by atoms with Crippen LogP contribution in [-0.2, 0) is 21.7 Å². The molecule has 0 N–H and O–H groups in total. The van der Waals surface area contributed by atoms with Gasteiger partial charge in [0.1, 0.15) is 0 Å². The molecular formula is C74H55N. The zero-order valence-electron chi connectivity index (χ0n) is 42.8. The molecule has 0 aliphatic heterocycles. The van der Waals surface area contributed by atoms with Gasteiger partial charge in [-0.05, 0) is 154 Å². The monoisotopic (exact) mass is 957 g/mol. The summed E-state index contributed by atoms with van der Waals surface area (Å²) >= 11 is 0. The van der Waals surface area contributed by atoms with Crippen molar-refractivity contribution in [3.05, 3.63) is 328 Å². The fraction of sp³-hybridized carbons (Fsp3) is 0.108. The number of nitrogens with zero attached hydrogens (tertiary/aromatic N) is 1. The minimum atomic E-state index is -0.535. The van der Waals surface area contributed by atoms with Gasteiger partial charge in [0.05, 0.1) is 10.8 Å². The lowest BCUT2D eigenvalue weighted by atomic mass is 9.51. The van der Waals surface area contributed by atoms with Gasteiger partial charge in [-0.1, -0.05) is 246 Å². The zero-order chi connectivity index (χ0) is 50.3. The third-order valence-corrected chi connectivity index (χ3v) is 18.0. The van der Waals surface area contributed by atoms with E-state index in [9.17, 15) is 0 Å². The average molecular weight is 958 g/mol. The van der Waals surface area contributed by atoms with Gasteiger partial charge in [0, 0.05) is 27.9 Å². The largest absolute Gasteiger partial charge is 0.310 e. The summed E-state index contributed by atoms with van der Waals surface area (Å²) in [7, 11) is 0. The molecule has 0 bridgehead atoms. The fourth-order valence-corrected chi connectivity index (χ4v) is 14.7. The first-order chi connectivity index (χ1) is 36.7. The number of fused-ring (bicyclic) bond motifs is 15. The fourth-order valence-electron chi connectivity index (χ4n) is 14.7. The molecular weight excluding hydrogens is 903 g/mol. The molecule has 0 unspecified atom stereocenters. The number of hydrogen-bond donors (Lipinski definition) is 0. The molecule has 0 fully saturated rings. The normalized spacial score (nSPS) is 15.6. The molecule has 0 radical (unpaired) electrons. The Balaban J connectivity index is 0.882. The minimum Gasteiger partial charge on any atom is -0.310 e. The second-order valence-electron chi connectivity index (χ2n) is 22.3. The smallest absolute Gasteiger partial charge is 0.0720 e. The van der Waals surface area contributed by atoms with Crippen LogP contribution in [0.15, 0.2) is 261 Å². The maximum Gasteiger partial charge on any atom is 0.0720 e. The van der Waals surface area contributed by atoms with E-state index in [1.165, 1.54) is 111 Å². The number of hydrogen-bond acceptors (Lipinski definition) is 1. The van der Waals surface area contributed by atoms with Crippen molar-refractivity contribution in [2.75, 3.05) is 4.90 Å². The summed E-state index contributed by atoms with van der Waals surface area (Å²) in [5.74, 6) is 0. The standard InChI is InChI=1S/C74H55N/c1-71(2)61-28-14-11-25-55(61)58-42-40-53(46-69(58)71)75(54-41-43-59-56-26-12-15-29-62(56)72(3,4)70(59)47-54)52-38-35-48(36-39-52)49-37-44-64-60(45-49)57-27-13-16-30-63(57)74(64)67-33-19-17-31-65(67)73(50-21-7-5-8-22-50,51-23-9-6-10-24-51)66-32-18-20-34-68(66)74/h5-47H,1-4H3. The molecule has 15 rings (SSSR count). The molecule has 0 heterocycles. The Morgan fingerprint density at radius 3 is 1.05 bits per heavy atom. The Morgan fingerprint density at radius 1 is 0.227 bits per heavy atom. The van der Waals surface area contributed by atoms with Crippen molar-refractivity contribution >= 4 is 17.1 Å². The number of rotatable bonds is 6. The minimum absolute atomic E-state index is 0.126. The van der Waals surface area contributed by atoms with Crippen LogP contribution in [0.4, 0.5) is 17.1 Å². The van der Waals surface area contributed by atoms with Gasteiger partial charge in [-0.25, -0.2) is 0 Å². The molecule has 4 aliphatic rings. The van der Waals surface area contributed by atoms with Crippen LogP contribution in [-0.4, -0.2) is 0 Å². The van der Waals surface area contributed by atoms with Crippen LogP contribution < -0.4 is 4.90 Å². The summed E-state index contributed by atoms with van der Waals surface area (Å²) in [5.41, 5.74) is 28.4. The number of benzene rings is 11. The van der Waals surface area contributed by atoms with Crippen LogP contribution in [0.25, 0.3) is 44.5 Å². The second kappa shape index (κ2) is 15.9. The molecule has 0 saturated heterocycles. The highest BCUT2D eigenvalue weighted by Crippen LogP contribution is 2.65. The van der Waals surface area contributed by atoms with Gasteiger partial charge < -0.3 is 4.90 Å². The second-order valence-corrected chi connectivity index (χ2v) is 22.3. The lowest BCUT2D eigenvalue weighted by molar-refractivity contribution is 0.623. The first kappa shape index (κ1) is 43.8. The van der Waals surface area contributed by atoms with E-state index >= 15 is 0 Å². The van der Waals surface area contributed by atoms with Crippen LogP contribution in [0, 0.1) is 0 Å². The molecule has 0 amide bonds. The number of anilines is 3. The van der Waals surface area contributed by atoms with Crippen molar-refractivity contribution in [1.82, 2.24) is 0 Å². The van der Waals surface area contributed by atoms with Crippen molar-refractivity contribution in [3.63, 3.8) is 0 Å². The van der Waals surface area contributed by atoms with E-state index in [1.54, 1.807) is 0 Å². The predicted molar refractivity (Wildman–Crippen MR) is 311 cm³/mol. The highest BCUT2D eigenvalue weighted by atomic mass is 15.1. The highest BCUT2D eigenvalue weighted by Gasteiger charge is 2.56. The van der Waals surface area contributed by atoms with E-state index in [-0.39, 0.29) is 10.8 Å². The van der Waals surface area contributed by atoms with Gasteiger partial charge in [0.15, 0.2) is 0 Å². The molecule has 1 nitrogen and oxygen atoms in total. The molecule has 4 aliphatic carbocycles. The molecule has 1 heteroatoms. The summed E-state index contributed by atoms with van der Waals surface area (Å²) in [6, 6.07) is 98.9. The third kappa shape index (κ3) is 5.84. The van der Waals surface area contributed by atoms with Crippen LogP contribution >= 0.6 is 0 Å². The summed E-state index contributed by atoms with van der Waals surface area (Å²) < 4.78 is 0. The Hall–Kier alpha value is -8.78. The lowest BCUT2D eigenvalue weighted by Gasteiger charge is -2.50. The van der Waals surface area contributed by atoms with Crippen LogP contribution in [0.3, 0.4) is 0 Å². The van der Waals surface area contributed by atoms with Crippen molar-refractivity contribution < 1.29 is 0 Å². The molecule has 0 aromatic heterocycles. The topological polar surface area (TPSA) is 3.24 Å². The maximum atomic E-state index is 2.48. The Morgan fingerprint density at radius 2 is 0.573 bits per heavy atom. The Labute approximate surface area is 441 Å². The Bertz CT molecular complexity index is 3920. The van der Waals surface area contributed by atoms with Gasteiger partial charge in [-0.15, -0.1) is 0 Å². The van der Waals surface area contributed by atoms with Crippen molar-refractivity contribution in [2.24, 2.45) is 0 Å². The lowest BCUT2D eigenvalue weighted by Crippen LogP contribution is -2.44. The quantitative estimate of drug-likeness (QED) is 0.161. The van der Waals surface area contributed by atoms with Crippen molar-refractivity contribution in [1.29, 1.82) is 0 Å². The van der Waals surface area contributed by atoms with Gasteiger partial charge in [-0.2, -0.15) is 0 Å². The van der Waals surface area contributed by atoms with Crippen LogP contribution in [0.5, 0.6) is 0 Å². The summed E-state index contributed by atoms with van der Waals surface area (Å²) in [6.07, 6.45) is 0. The molecule has 0 saturated carbocycles. The highest BCUT2D eigenvalue weighted by molar-refractivity contribution is 5.93. The summed E-state index contributed by atoms with van der Waals surface area (Å²) in [5, 5.41) is 0. The third-order valence-electron chi connectivity index (χ3n) is 18.0. The van der Waals surface area contributed by atoms with Crippen LogP contribution in [0.1, 0.15) is 94.5 Å². The zero-order valence-corrected chi connectivity index (χ0v) is 42.8. The van der Waals surface area contributed by atoms with Gasteiger partial charge >= 0.3 is 0 Å².